The normalized spacial score (nSPS) is 19.1. The summed E-state index contributed by atoms with van der Waals surface area (Å²) in [6.45, 7) is 10.3. The van der Waals surface area contributed by atoms with Crippen LogP contribution in [-0.2, 0) is 34.5 Å². The molecule has 2 heterocycles. The van der Waals surface area contributed by atoms with Crippen molar-refractivity contribution in [2.75, 3.05) is 39.4 Å². The third-order valence-electron chi connectivity index (χ3n) is 8.15. The highest BCUT2D eigenvalue weighted by Crippen LogP contribution is 2.38. The Balaban J connectivity index is 1.73. The number of rotatable bonds is 12. The zero-order chi connectivity index (χ0) is 40.9. The van der Waals surface area contributed by atoms with E-state index in [0.29, 0.717) is 12.0 Å². The number of ether oxygens (including phenoxy) is 3. The van der Waals surface area contributed by atoms with Crippen molar-refractivity contribution in [3.63, 3.8) is 0 Å². The lowest BCUT2D eigenvalue weighted by Crippen LogP contribution is -2.73. The number of aryl methyl sites for hydroxylation is 1. The van der Waals surface area contributed by atoms with Crippen LogP contribution in [0.5, 0.6) is 11.5 Å². The molecular formula is C36H50N6O11S2+2. The van der Waals surface area contributed by atoms with E-state index in [2.05, 4.69) is 10.1 Å². The summed E-state index contributed by atoms with van der Waals surface area (Å²) >= 11 is 0. The van der Waals surface area contributed by atoms with Crippen LogP contribution in [0.3, 0.4) is 0 Å². The summed E-state index contributed by atoms with van der Waals surface area (Å²) in [6.07, 6.45) is 0.0508. The Morgan fingerprint density at radius 1 is 0.782 bits per heavy atom. The molecule has 0 unspecified atom stereocenters. The van der Waals surface area contributed by atoms with Crippen LogP contribution in [0.25, 0.3) is 0 Å². The number of nitrogens with two attached hydrogens (primary N) is 2. The molecule has 0 aliphatic carbocycles. The van der Waals surface area contributed by atoms with Gasteiger partial charge in [0.15, 0.2) is 13.1 Å². The molecule has 4 N–H and O–H groups in total. The number of oxime groups is 1. The van der Waals surface area contributed by atoms with E-state index in [1.165, 1.54) is 30.5 Å². The molecule has 0 saturated carbocycles. The van der Waals surface area contributed by atoms with Crippen LogP contribution >= 0.6 is 0 Å². The standard InChI is InChI=1S/C36H50N6O11S2/c1-26-23-27(49-21-12-22-50-40-32(37)38)25-28(24-26)53-55(47,48)30-14-9-8-13-29(30)54(45,46)42(34(44)52-36(5,6)7)19-17-41(18-20-42,31-15-10-11-16-39-31)33(43)51-35(2,3)4/h8-11,13-16,23-25H,12,17-22H2,1-7H3,(H4,37,38,40)/q+2. The Bertz CT molecular complexity index is 2100. The van der Waals surface area contributed by atoms with Crippen molar-refractivity contribution in [2.24, 2.45) is 16.6 Å². The van der Waals surface area contributed by atoms with Crippen molar-refractivity contribution in [3.8, 4) is 11.5 Å². The smallest absolute Gasteiger partial charge is 0.493 e. The Morgan fingerprint density at radius 2 is 1.36 bits per heavy atom. The first-order chi connectivity index (χ1) is 25.5. The van der Waals surface area contributed by atoms with Crippen molar-refractivity contribution in [3.05, 3.63) is 72.4 Å². The predicted molar refractivity (Wildman–Crippen MR) is 203 cm³/mol. The number of pyridine rings is 1. The van der Waals surface area contributed by atoms with E-state index in [-0.39, 0.29) is 49.6 Å². The summed E-state index contributed by atoms with van der Waals surface area (Å²) < 4.78 is 78.9. The molecule has 1 aromatic heterocycles. The molecule has 0 spiro atoms. The average molecular weight is 807 g/mol. The van der Waals surface area contributed by atoms with E-state index in [0.717, 1.165) is 12.1 Å². The minimum absolute atomic E-state index is 0.150. The molecule has 1 fully saturated rings. The summed E-state index contributed by atoms with van der Waals surface area (Å²) in [5, 5.41) is 3.43. The van der Waals surface area contributed by atoms with Crippen LogP contribution < -0.4 is 24.9 Å². The number of hydrogen-bond acceptors (Lipinski definition) is 13. The minimum Gasteiger partial charge on any atom is -0.493 e. The second kappa shape index (κ2) is 16.4. The number of carbonyl (C=O) groups excluding carboxylic acids is 2. The van der Waals surface area contributed by atoms with Gasteiger partial charge in [-0.2, -0.15) is 30.9 Å². The van der Waals surface area contributed by atoms with Gasteiger partial charge in [-0.05, 0) is 89.5 Å². The summed E-state index contributed by atoms with van der Waals surface area (Å²) in [4.78, 5) is 36.1. The quantitative estimate of drug-likeness (QED) is 0.0641. The van der Waals surface area contributed by atoms with Crippen LogP contribution in [0.1, 0.15) is 53.5 Å². The van der Waals surface area contributed by atoms with E-state index < -0.39 is 74.8 Å². The van der Waals surface area contributed by atoms with Crippen LogP contribution in [0.2, 0.25) is 0 Å². The maximum Gasteiger partial charge on any atom is 0.532 e. The summed E-state index contributed by atoms with van der Waals surface area (Å²) in [7, 11) is -9.85. The van der Waals surface area contributed by atoms with Crippen LogP contribution in [0.15, 0.2) is 81.8 Å². The van der Waals surface area contributed by atoms with Gasteiger partial charge in [-0.3, -0.25) is 0 Å². The number of aromatic nitrogens is 1. The van der Waals surface area contributed by atoms with Gasteiger partial charge in [0.05, 0.1) is 6.61 Å². The van der Waals surface area contributed by atoms with Crippen molar-refractivity contribution in [2.45, 2.75) is 75.9 Å². The van der Waals surface area contributed by atoms with Crippen LogP contribution in [-0.4, -0.2) is 94.4 Å². The van der Waals surface area contributed by atoms with Crippen molar-refractivity contribution in [1.29, 1.82) is 0 Å². The molecule has 1 aliphatic rings. The van der Waals surface area contributed by atoms with Crippen LogP contribution in [0, 0.1) is 6.92 Å². The lowest BCUT2D eigenvalue weighted by molar-refractivity contribution is -0.738. The highest BCUT2D eigenvalue weighted by atomic mass is 32.2. The Morgan fingerprint density at radius 3 is 1.95 bits per heavy atom. The van der Waals surface area contributed by atoms with E-state index in [4.69, 9.17) is 34.7 Å². The van der Waals surface area contributed by atoms with Gasteiger partial charge in [0, 0.05) is 24.8 Å². The Kier molecular flexibility index (Phi) is 12.7. The highest BCUT2D eigenvalue weighted by molar-refractivity contribution is 7.90. The zero-order valence-electron chi connectivity index (χ0n) is 32.1. The molecule has 300 valence electrons. The molecule has 19 heteroatoms. The second-order valence-electron chi connectivity index (χ2n) is 14.9. The van der Waals surface area contributed by atoms with Crippen molar-refractivity contribution in [1.82, 2.24) is 9.47 Å². The molecular weight excluding hydrogens is 757 g/mol. The molecule has 0 bridgehead atoms. The minimum atomic E-state index is -4.98. The molecule has 55 heavy (non-hydrogen) atoms. The third kappa shape index (κ3) is 10.2. The summed E-state index contributed by atoms with van der Waals surface area (Å²) in [5.74, 6) is 0.182. The lowest BCUT2D eigenvalue weighted by Gasteiger charge is -2.44. The maximum atomic E-state index is 15.0. The van der Waals surface area contributed by atoms with Gasteiger partial charge < -0.3 is 34.7 Å². The van der Waals surface area contributed by atoms with Gasteiger partial charge in [-0.15, -0.1) is 3.89 Å². The first-order valence-electron chi connectivity index (χ1n) is 17.4. The zero-order valence-corrected chi connectivity index (χ0v) is 33.7. The summed E-state index contributed by atoms with van der Waals surface area (Å²) in [6, 6.07) is 14.3. The number of piperazine rings is 1. The molecule has 2 amide bonds. The molecule has 17 nitrogen and oxygen atoms in total. The number of benzene rings is 2. The molecule has 4 rings (SSSR count). The molecule has 1 aliphatic heterocycles. The number of amides is 2. The van der Waals surface area contributed by atoms with Gasteiger partial charge in [0.2, 0.25) is 11.8 Å². The molecule has 2 aromatic carbocycles. The number of nitrogens with zero attached hydrogens (tertiary/aromatic N) is 4. The summed E-state index contributed by atoms with van der Waals surface area (Å²) in [5.41, 5.74) is 9.01. The predicted octanol–water partition coefficient (Wildman–Crippen LogP) is 4.53. The maximum absolute atomic E-state index is 15.0. The average Bonchev–Trinajstić information content (AvgIpc) is 3.08. The monoisotopic (exact) mass is 806 g/mol. The van der Waals surface area contributed by atoms with Gasteiger partial charge in [-0.1, -0.05) is 18.2 Å². The first-order valence-corrected chi connectivity index (χ1v) is 20.2. The highest BCUT2D eigenvalue weighted by Gasteiger charge is 2.62. The van der Waals surface area contributed by atoms with Crippen LogP contribution in [0.4, 0.5) is 15.4 Å². The molecule has 3 aromatic rings. The molecule has 1 saturated heterocycles. The fraction of sp³-hybridized carbons (Fsp3) is 0.444. The fourth-order valence-electron chi connectivity index (χ4n) is 5.72. The van der Waals surface area contributed by atoms with E-state index in [9.17, 15) is 18.0 Å². The van der Waals surface area contributed by atoms with E-state index in [1.807, 2.05) is 0 Å². The number of carbonyl (C=O) groups is 2. The SMILES string of the molecule is Cc1cc(OCCCON=C(N)N)cc(OS(=O)(=O)c2ccccc2S(=O)(=O)[N+]2(C(=O)OC(C)(C)C)CC[N+](C(=O)OC(C)(C)C)(c3ccccn3)CC2)c1. The molecule has 0 atom stereocenters. The van der Waals surface area contributed by atoms with E-state index in [1.54, 1.807) is 72.7 Å². The van der Waals surface area contributed by atoms with Gasteiger partial charge >= 0.3 is 32.3 Å². The van der Waals surface area contributed by atoms with Gasteiger partial charge in [-0.25, -0.2) is 4.98 Å². The fourth-order valence-corrected chi connectivity index (χ4v) is 9.17. The van der Waals surface area contributed by atoms with Crippen molar-refractivity contribution < 1.29 is 53.5 Å². The largest absolute Gasteiger partial charge is 0.532 e. The second-order valence-corrected chi connectivity index (χ2v) is 18.5. The lowest BCUT2D eigenvalue weighted by atomic mass is 10.2. The Labute approximate surface area is 322 Å². The molecule has 0 radical (unpaired) electrons. The number of hydrogen-bond donors (Lipinski definition) is 2. The van der Waals surface area contributed by atoms with Gasteiger partial charge in [0.25, 0.3) is 0 Å². The number of sulfonamides is 1. The van der Waals surface area contributed by atoms with Gasteiger partial charge in [0.1, 0.15) is 52.2 Å². The third-order valence-corrected chi connectivity index (χ3v) is 11.9. The number of guanidine groups is 1. The topological polar surface area (TPSA) is 226 Å². The Hall–Kier alpha value is -4.98. The van der Waals surface area contributed by atoms with Crippen molar-refractivity contribution >= 4 is 44.1 Å². The number of quaternary nitrogens is 2. The first kappa shape index (κ1) is 42.8. The van der Waals surface area contributed by atoms with E-state index >= 15 is 8.42 Å².